The van der Waals surface area contributed by atoms with Crippen molar-refractivity contribution in [2.24, 2.45) is 5.73 Å². The zero-order valence-corrected chi connectivity index (χ0v) is 7.16. The molecule has 2 aromatic rings. The van der Waals surface area contributed by atoms with Crippen molar-refractivity contribution >= 4 is 0 Å². The highest BCUT2D eigenvalue weighted by molar-refractivity contribution is 5.65. The minimum Gasteiger partial charge on any atom is -0.460 e. The Bertz CT molecular complexity index is 379. The van der Waals surface area contributed by atoms with E-state index in [0.717, 1.165) is 16.7 Å². The summed E-state index contributed by atoms with van der Waals surface area (Å²) in [6.07, 6.45) is 4.41. The summed E-state index contributed by atoms with van der Waals surface area (Å²) in [4.78, 5) is 0. The van der Waals surface area contributed by atoms with E-state index < -0.39 is 0 Å². The van der Waals surface area contributed by atoms with E-state index in [4.69, 9.17) is 10.2 Å². The quantitative estimate of drug-likeness (QED) is 0.754. The smallest absolute Gasteiger partial charge is 0.177 e. The summed E-state index contributed by atoms with van der Waals surface area (Å²) in [5.41, 5.74) is 8.78. The van der Waals surface area contributed by atoms with Gasteiger partial charge in [-0.05, 0) is 17.2 Å². The third-order valence-electron chi connectivity index (χ3n) is 2.00. The van der Waals surface area contributed by atoms with E-state index in [1.807, 2.05) is 30.3 Å². The first-order chi connectivity index (χ1) is 6.42. The fraction of sp³-hybridized carbons (Fsp3) is 0.0909. The molecule has 0 fully saturated rings. The standard InChI is InChI=1S/C11H10NO/c12-7-9-3-1-2-4-11(9)10-5-6-13-8-10/h1-6H,7,12H2. The second-order valence-electron chi connectivity index (χ2n) is 2.80. The molecule has 2 rings (SSSR count). The first-order valence-corrected chi connectivity index (χ1v) is 4.15. The second kappa shape index (κ2) is 3.46. The van der Waals surface area contributed by atoms with Gasteiger partial charge in [0.05, 0.1) is 6.26 Å². The van der Waals surface area contributed by atoms with Gasteiger partial charge in [0.2, 0.25) is 0 Å². The van der Waals surface area contributed by atoms with E-state index >= 15 is 0 Å². The maximum atomic E-state index is 5.61. The largest absolute Gasteiger partial charge is 0.460 e. The highest BCUT2D eigenvalue weighted by Crippen LogP contribution is 2.22. The van der Waals surface area contributed by atoms with Crippen LogP contribution < -0.4 is 5.73 Å². The average Bonchev–Trinajstić information content (AvgIpc) is 2.70. The van der Waals surface area contributed by atoms with Crippen LogP contribution in [0, 0.1) is 6.26 Å². The molecule has 0 unspecified atom stereocenters. The van der Waals surface area contributed by atoms with Crippen molar-refractivity contribution in [3.63, 3.8) is 0 Å². The van der Waals surface area contributed by atoms with E-state index in [9.17, 15) is 0 Å². The molecule has 2 heteroatoms. The molecular weight excluding hydrogens is 162 g/mol. The predicted octanol–water partition coefficient (Wildman–Crippen LogP) is 2.21. The second-order valence-corrected chi connectivity index (χ2v) is 2.80. The maximum Gasteiger partial charge on any atom is 0.177 e. The number of benzene rings is 1. The average molecular weight is 172 g/mol. The normalized spacial score (nSPS) is 10.2. The van der Waals surface area contributed by atoms with Crippen molar-refractivity contribution in [3.05, 3.63) is 48.4 Å². The summed E-state index contributed by atoms with van der Waals surface area (Å²) < 4.78 is 4.90. The number of rotatable bonds is 2. The zero-order chi connectivity index (χ0) is 9.10. The van der Waals surface area contributed by atoms with Crippen LogP contribution in [0.4, 0.5) is 0 Å². The molecule has 13 heavy (non-hydrogen) atoms. The molecule has 65 valence electrons. The van der Waals surface area contributed by atoms with Gasteiger partial charge in [0.15, 0.2) is 6.26 Å². The van der Waals surface area contributed by atoms with Gasteiger partial charge in [0.25, 0.3) is 0 Å². The SMILES string of the molecule is NCc1ccccc1-c1[c]occ1. The van der Waals surface area contributed by atoms with Crippen molar-refractivity contribution < 1.29 is 4.42 Å². The summed E-state index contributed by atoms with van der Waals surface area (Å²) >= 11 is 0. The van der Waals surface area contributed by atoms with Gasteiger partial charge in [0, 0.05) is 12.1 Å². The van der Waals surface area contributed by atoms with Crippen LogP contribution in [0.15, 0.2) is 41.0 Å². The van der Waals surface area contributed by atoms with E-state index in [2.05, 4.69) is 6.26 Å². The fourth-order valence-corrected chi connectivity index (χ4v) is 1.34. The highest BCUT2D eigenvalue weighted by Gasteiger charge is 2.03. The molecular formula is C11H10NO. The summed E-state index contributed by atoms with van der Waals surface area (Å²) in [6, 6.07) is 9.87. The minimum atomic E-state index is 0.537. The Kier molecular flexibility index (Phi) is 2.15. The molecule has 0 amide bonds. The summed E-state index contributed by atoms with van der Waals surface area (Å²) in [6.45, 7) is 0.537. The molecule has 0 aliphatic carbocycles. The number of hydrogen-bond acceptors (Lipinski definition) is 2. The van der Waals surface area contributed by atoms with Crippen LogP contribution in [0.2, 0.25) is 0 Å². The van der Waals surface area contributed by atoms with Gasteiger partial charge < -0.3 is 10.2 Å². The van der Waals surface area contributed by atoms with Crippen molar-refractivity contribution in [1.29, 1.82) is 0 Å². The van der Waals surface area contributed by atoms with E-state index in [1.165, 1.54) is 0 Å². The van der Waals surface area contributed by atoms with Crippen LogP contribution >= 0.6 is 0 Å². The van der Waals surface area contributed by atoms with Crippen LogP contribution in [0.3, 0.4) is 0 Å². The van der Waals surface area contributed by atoms with E-state index in [1.54, 1.807) is 6.26 Å². The lowest BCUT2D eigenvalue weighted by Gasteiger charge is -2.03. The molecule has 1 radical (unpaired) electrons. The molecule has 0 saturated heterocycles. The highest BCUT2D eigenvalue weighted by atomic mass is 16.3. The zero-order valence-electron chi connectivity index (χ0n) is 7.16. The fourth-order valence-electron chi connectivity index (χ4n) is 1.34. The third-order valence-corrected chi connectivity index (χ3v) is 2.00. The van der Waals surface area contributed by atoms with E-state index in [-0.39, 0.29) is 0 Å². The van der Waals surface area contributed by atoms with Gasteiger partial charge >= 0.3 is 0 Å². The Hall–Kier alpha value is -1.54. The van der Waals surface area contributed by atoms with Gasteiger partial charge in [-0.25, -0.2) is 0 Å². The lowest BCUT2D eigenvalue weighted by atomic mass is 10.0. The monoisotopic (exact) mass is 172 g/mol. The Morgan fingerprint density at radius 2 is 2.08 bits per heavy atom. The molecule has 0 aliphatic heterocycles. The first kappa shape index (κ1) is 8.08. The Morgan fingerprint density at radius 1 is 1.23 bits per heavy atom. The predicted molar refractivity (Wildman–Crippen MR) is 50.9 cm³/mol. The van der Waals surface area contributed by atoms with Crippen molar-refractivity contribution in [2.75, 3.05) is 0 Å². The molecule has 1 aromatic heterocycles. The first-order valence-electron chi connectivity index (χ1n) is 4.15. The van der Waals surface area contributed by atoms with Crippen molar-refractivity contribution in [1.82, 2.24) is 0 Å². The molecule has 0 bridgehead atoms. The Morgan fingerprint density at radius 3 is 2.77 bits per heavy atom. The summed E-state index contributed by atoms with van der Waals surface area (Å²) in [5, 5.41) is 0. The Labute approximate surface area is 77.0 Å². The summed E-state index contributed by atoms with van der Waals surface area (Å²) in [5.74, 6) is 0. The molecule has 1 aromatic carbocycles. The topological polar surface area (TPSA) is 39.2 Å². The van der Waals surface area contributed by atoms with Gasteiger partial charge in [-0.2, -0.15) is 0 Å². The number of nitrogens with two attached hydrogens (primary N) is 1. The van der Waals surface area contributed by atoms with Gasteiger partial charge in [0.1, 0.15) is 0 Å². The third kappa shape index (κ3) is 1.48. The van der Waals surface area contributed by atoms with Gasteiger partial charge in [-0.3, -0.25) is 0 Å². The molecule has 2 nitrogen and oxygen atoms in total. The molecule has 0 aliphatic rings. The molecule has 0 atom stereocenters. The van der Waals surface area contributed by atoms with E-state index in [0.29, 0.717) is 6.54 Å². The van der Waals surface area contributed by atoms with Crippen LogP contribution in [0.25, 0.3) is 11.1 Å². The molecule has 0 spiro atoms. The maximum absolute atomic E-state index is 5.61. The van der Waals surface area contributed by atoms with Crippen molar-refractivity contribution in [2.45, 2.75) is 6.54 Å². The molecule has 0 saturated carbocycles. The molecule has 1 heterocycles. The lowest BCUT2D eigenvalue weighted by Crippen LogP contribution is -1.97. The molecule has 2 N–H and O–H groups in total. The van der Waals surface area contributed by atoms with Gasteiger partial charge in [-0.15, -0.1) is 0 Å². The number of furan rings is 1. The van der Waals surface area contributed by atoms with Crippen LogP contribution in [0.1, 0.15) is 5.56 Å². The lowest BCUT2D eigenvalue weighted by molar-refractivity contribution is 0.559. The van der Waals surface area contributed by atoms with Gasteiger partial charge in [-0.1, -0.05) is 24.3 Å². The number of hydrogen-bond donors (Lipinski definition) is 1. The van der Waals surface area contributed by atoms with Crippen LogP contribution in [0.5, 0.6) is 0 Å². The van der Waals surface area contributed by atoms with Crippen molar-refractivity contribution in [3.8, 4) is 11.1 Å². The Balaban J connectivity index is 2.51. The van der Waals surface area contributed by atoms with Crippen LogP contribution in [-0.2, 0) is 6.54 Å². The van der Waals surface area contributed by atoms with Crippen LogP contribution in [-0.4, -0.2) is 0 Å². The summed E-state index contributed by atoms with van der Waals surface area (Å²) in [7, 11) is 0. The minimum absolute atomic E-state index is 0.537.